The number of hydrogen-bond donors (Lipinski definition) is 2. The molecule has 0 atom stereocenters. The quantitative estimate of drug-likeness (QED) is 0.341. The summed E-state index contributed by atoms with van der Waals surface area (Å²) in [6.07, 6.45) is -2.07. The van der Waals surface area contributed by atoms with E-state index in [1.165, 1.54) is 47.8 Å². The number of thioether (sulfide) groups is 2. The van der Waals surface area contributed by atoms with Gasteiger partial charge in [0.05, 0.1) is 9.79 Å². The Balaban J connectivity index is 1.51. The van der Waals surface area contributed by atoms with E-state index in [9.17, 15) is 26.4 Å². The molecule has 36 heavy (non-hydrogen) atoms. The molecule has 0 saturated carbocycles. The third kappa shape index (κ3) is 10.7. The summed E-state index contributed by atoms with van der Waals surface area (Å²) in [5, 5.41) is 0. The fraction of sp³-hybridized carbons (Fsp3) is 0.364. The third-order valence-corrected chi connectivity index (χ3v) is 9.20. The van der Waals surface area contributed by atoms with Gasteiger partial charge < -0.3 is 9.47 Å². The molecule has 2 rings (SSSR count). The number of aryl methyl sites for hydroxylation is 2. The molecule has 2 N–H and O–H groups in total. The van der Waals surface area contributed by atoms with Crippen LogP contribution >= 0.6 is 23.5 Å². The number of amides is 2. The third-order valence-electron chi connectivity index (χ3n) is 4.39. The molecule has 2 aromatic rings. The van der Waals surface area contributed by atoms with E-state index < -0.39 is 32.2 Å². The van der Waals surface area contributed by atoms with Crippen LogP contribution < -0.4 is 9.44 Å². The molecule has 198 valence electrons. The summed E-state index contributed by atoms with van der Waals surface area (Å²) in [6.45, 7) is 3.74. The Bertz CT molecular complexity index is 1120. The van der Waals surface area contributed by atoms with Gasteiger partial charge in [-0.05, 0) is 38.1 Å². The number of carbonyl (C=O) groups is 2. The van der Waals surface area contributed by atoms with E-state index in [-0.39, 0.29) is 23.0 Å². The van der Waals surface area contributed by atoms with Gasteiger partial charge in [-0.3, -0.25) is 0 Å². The highest BCUT2D eigenvalue weighted by molar-refractivity contribution is 8.02. The van der Waals surface area contributed by atoms with Gasteiger partial charge >= 0.3 is 12.2 Å². The average molecular weight is 577 g/mol. The first-order valence-corrected chi connectivity index (χ1v) is 16.0. The van der Waals surface area contributed by atoms with Gasteiger partial charge in [0.1, 0.15) is 13.2 Å². The van der Waals surface area contributed by atoms with Crippen molar-refractivity contribution in [1.29, 1.82) is 0 Å². The minimum atomic E-state index is -3.98. The Hall–Kier alpha value is -2.42. The highest BCUT2D eigenvalue weighted by Gasteiger charge is 2.19. The first-order valence-electron chi connectivity index (χ1n) is 10.7. The van der Waals surface area contributed by atoms with Crippen molar-refractivity contribution in [2.75, 3.05) is 36.2 Å². The fourth-order valence-electron chi connectivity index (χ4n) is 2.54. The lowest BCUT2D eigenvalue weighted by atomic mass is 10.2. The molecule has 0 radical (unpaired) electrons. The Morgan fingerprint density at radius 3 is 1.31 bits per heavy atom. The number of ether oxygens (including phenoxy) is 2. The predicted octanol–water partition coefficient (Wildman–Crippen LogP) is 3.30. The molecule has 0 fully saturated rings. The average Bonchev–Trinajstić information content (AvgIpc) is 2.80. The lowest BCUT2D eigenvalue weighted by Gasteiger charge is -2.09. The van der Waals surface area contributed by atoms with Crippen LogP contribution in [0, 0.1) is 13.8 Å². The van der Waals surface area contributed by atoms with E-state index in [2.05, 4.69) is 0 Å². The van der Waals surface area contributed by atoms with Gasteiger partial charge in [0.15, 0.2) is 0 Å². The Morgan fingerprint density at radius 2 is 0.972 bits per heavy atom. The highest BCUT2D eigenvalue weighted by atomic mass is 32.2. The summed E-state index contributed by atoms with van der Waals surface area (Å²) in [6, 6.07) is 12.1. The van der Waals surface area contributed by atoms with Gasteiger partial charge in [-0.25, -0.2) is 35.9 Å². The van der Waals surface area contributed by atoms with Crippen molar-refractivity contribution < 1.29 is 35.9 Å². The number of benzene rings is 2. The molecule has 14 heteroatoms. The molecule has 2 amide bonds. The number of hydrogen-bond acceptors (Lipinski definition) is 10. The Kier molecular flexibility index (Phi) is 11.9. The molecule has 0 unspecified atom stereocenters. The molecule has 0 bridgehead atoms. The Labute approximate surface area is 220 Å². The van der Waals surface area contributed by atoms with Crippen molar-refractivity contribution in [1.82, 2.24) is 9.44 Å². The van der Waals surface area contributed by atoms with Crippen molar-refractivity contribution in [3.63, 3.8) is 0 Å². The molecular formula is C22H28N2O8S4. The van der Waals surface area contributed by atoms with Crippen LogP contribution in [0.1, 0.15) is 11.1 Å². The van der Waals surface area contributed by atoms with Crippen LogP contribution in [0.15, 0.2) is 58.3 Å². The van der Waals surface area contributed by atoms with Crippen LogP contribution in [0.2, 0.25) is 0 Å². The fourth-order valence-corrected chi connectivity index (χ4v) is 6.07. The largest absolute Gasteiger partial charge is 0.448 e. The molecule has 0 aliphatic heterocycles. The van der Waals surface area contributed by atoms with Crippen LogP contribution in [0.3, 0.4) is 0 Å². The van der Waals surface area contributed by atoms with Crippen LogP contribution in [0.5, 0.6) is 0 Å². The zero-order valence-corrected chi connectivity index (χ0v) is 23.0. The topological polar surface area (TPSA) is 145 Å². The monoisotopic (exact) mass is 576 g/mol. The highest BCUT2D eigenvalue weighted by Crippen LogP contribution is 2.12. The Morgan fingerprint density at radius 1 is 0.639 bits per heavy atom. The van der Waals surface area contributed by atoms with E-state index in [0.29, 0.717) is 11.5 Å². The van der Waals surface area contributed by atoms with E-state index in [1.807, 2.05) is 23.3 Å². The van der Waals surface area contributed by atoms with Crippen LogP contribution in [-0.4, -0.2) is 65.2 Å². The molecular weight excluding hydrogens is 549 g/mol. The summed E-state index contributed by atoms with van der Waals surface area (Å²) in [5.41, 5.74) is 1.79. The van der Waals surface area contributed by atoms with Crippen LogP contribution in [0.4, 0.5) is 9.59 Å². The summed E-state index contributed by atoms with van der Waals surface area (Å²) in [7, 11) is -7.95. The standard InChI is InChI=1S/C22H28N2O8S4/c1-17-3-7-19(8-4-17)35(27,28)23-21(25)31-11-13-33-15-16-34-14-12-32-22(26)24-36(29,30)20-9-5-18(2)6-10-20/h3-10H,11-16H2,1-2H3,(H,23,25)(H,24,26). The normalized spacial score (nSPS) is 11.5. The zero-order valence-electron chi connectivity index (χ0n) is 19.8. The first kappa shape index (κ1) is 29.8. The minimum Gasteiger partial charge on any atom is -0.448 e. The summed E-state index contributed by atoms with van der Waals surface area (Å²) in [4.78, 5) is 23.4. The minimum absolute atomic E-state index is 0.0224. The lowest BCUT2D eigenvalue weighted by molar-refractivity contribution is 0.158. The van der Waals surface area contributed by atoms with Gasteiger partial charge in [-0.2, -0.15) is 23.5 Å². The second-order valence-electron chi connectivity index (χ2n) is 7.33. The van der Waals surface area contributed by atoms with Gasteiger partial charge in [0.2, 0.25) is 0 Å². The van der Waals surface area contributed by atoms with E-state index in [4.69, 9.17) is 9.47 Å². The molecule has 0 heterocycles. The molecule has 0 spiro atoms. The second-order valence-corrected chi connectivity index (χ2v) is 13.1. The summed E-state index contributed by atoms with van der Waals surface area (Å²) >= 11 is 3.01. The predicted molar refractivity (Wildman–Crippen MR) is 140 cm³/mol. The van der Waals surface area contributed by atoms with Crippen molar-refractivity contribution in [2.45, 2.75) is 23.6 Å². The second kappa shape index (κ2) is 14.4. The lowest BCUT2D eigenvalue weighted by Crippen LogP contribution is -2.31. The molecule has 2 aromatic carbocycles. The summed E-state index contributed by atoms with van der Waals surface area (Å²) in [5.74, 6) is 2.42. The van der Waals surface area contributed by atoms with Crippen molar-refractivity contribution >= 4 is 55.8 Å². The van der Waals surface area contributed by atoms with Gasteiger partial charge in [0.25, 0.3) is 20.0 Å². The number of carbonyl (C=O) groups excluding carboxylic acids is 2. The smallest absolute Gasteiger partial charge is 0.421 e. The van der Waals surface area contributed by atoms with Crippen LogP contribution in [-0.2, 0) is 29.5 Å². The number of sulfonamides is 2. The zero-order chi connectivity index (χ0) is 26.6. The molecule has 0 saturated heterocycles. The van der Waals surface area contributed by atoms with Crippen molar-refractivity contribution in [3.8, 4) is 0 Å². The molecule has 0 aliphatic rings. The van der Waals surface area contributed by atoms with Crippen molar-refractivity contribution in [2.24, 2.45) is 0 Å². The van der Waals surface area contributed by atoms with Gasteiger partial charge in [-0.1, -0.05) is 35.4 Å². The number of nitrogens with one attached hydrogen (secondary N) is 2. The van der Waals surface area contributed by atoms with Crippen molar-refractivity contribution in [3.05, 3.63) is 59.7 Å². The van der Waals surface area contributed by atoms with Crippen LogP contribution in [0.25, 0.3) is 0 Å². The SMILES string of the molecule is Cc1ccc(S(=O)(=O)NC(=O)OCCSCCSCCOC(=O)NS(=O)(=O)c2ccc(C)cc2)cc1. The van der Waals surface area contributed by atoms with Gasteiger partial charge in [0, 0.05) is 23.0 Å². The molecule has 0 aromatic heterocycles. The maximum absolute atomic E-state index is 12.1. The maximum Gasteiger partial charge on any atom is 0.421 e. The first-order chi connectivity index (χ1) is 17.0. The van der Waals surface area contributed by atoms with E-state index in [0.717, 1.165) is 22.6 Å². The maximum atomic E-state index is 12.1. The van der Waals surface area contributed by atoms with Gasteiger partial charge in [-0.15, -0.1) is 0 Å². The van der Waals surface area contributed by atoms with E-state index in [1.54, 1.807) is 24.3 Å². The van der Waals surface area contributed by atoms with E-state index >= 15 is 0 Å². The molecule has 10 nitrogen and oxygen atoms in total. The molecule has 0 aliphatic carbocycles. The summed E-state index contributed by atoms with van der Waals surface area (Å²) < 4.78 is 62.0. The number of rotatable bonds is 13.